The molecule has 0 unspecified atom stereocenters. The van der Waals surface area contributed by atoms with Crippen LogP contribution < -0.4 is 5.32 Å². The molecule has 0 aliphatic rings. The highest BCUT2D eigenvalue weighted by Crippen LogP contribution is 2.28. The molecule has 2 aromatic rings. The summed E-state index contributed by atoms with van der Waals surface area (Å²) in [5, 5.41) is 14.7. The molecule has 1 aromatic carbocycles. The van der Waals surface area contributed by atoms with Crippen molar-refractivity contribution in [1.29, 1.82) is 0 Å². The van der Waals surface area contributed by atoms with Gasteiger partial charge in [-0.1, -0.05) is 11.8 Å². The van der Waals surface area contributed by atoms with E-state index in [2.05, 4.69) is 10.3 Å². The number of aromatic nitrogens is 1. The van der Waals surface area contributed by atoms with E-state index < -0.39 is 10.2 Å². The second kappa shape index (κ2) is 9.30. The number of thiazole rings is 1. The van der Waals surface area contributed by atoms with Crippen LogP contribution in [0.1, 0.15) is 19.5 Å². The van der Waals surface area contributed by atoms with Crippen molar-refractivity contribution >= 4 is 46.3 Å². The molecule has 0 radical (unpaired) electrons. The van der Waals surface area contributed by atoms with Gasteiger partial charge in [0.25, 0.3) is 5.69 Å². The van der Waals surface area contributed by atoms with Crippen LogP contribution in [0.2, 0.25) is 0 Å². The molecule has 8 nitrogen and oxygen atoms in total. The molecule has 10 heteroatoms. The summed E-state index contributed by atoms with van der Waals surface area (Å²) in [7, 11) is 0. The number of benzene rings is 1. The van der Waals surface area contributed by atoms with Crippen molar-refractivity contribution in [3.8, 4) is 0 Å². The Morgan fingerprint density at radius 3 is 2.69 bits per heavy atom. The van der Waals surface area contributed by atoms with E-state index in [4.69, 9.17) is 4.74 Å². The Morgan fingerprint density at radius 1 is 1.38 bits per heavy atom. The summed E-state index contributed by atoms with van der Waals surface area (Å²) in [5.41, 5.74) is 1.05. The van der Waals surface area contributed by atoms with Gasteiger partial charge in [0.1, 0.15) is 0 Å². The molecule has 0 bridgehead atoms. The van der Waals surface area contributed by atoms with Gasteiger partial charge in [-0.05, 0) is 26.0 Å². The van der Waals surface area contributed by atoms with Crippen LogP contribution in [0.15, 0.2) is 34.0 Å². The molecular formula is C16H17N3O5S2. The molecular weight excluding hydrogens is 378 g/mol. The van der Waals surface area contributed by atoms with Gasteiger partial charge in [0.2, 0.25) is 5.91 Å². The molecule has 1 N–H and O–H groups in total. The minimum atomic E-state index is -0.500. The number of non-ortho nitro benzene ring substituents is 1. The minimum Gasteiger partial charge on any atom is -0.466 e. The van der Waals surface area contributed by atoms with Crippen molar-refractivity contribution < 1.29 is 19.2 Å². The van der Waals surface area contributed by atoms with Gasteiger partial charge in [0.05, 0.1) is 28.9 Å². The number of anilines is 1. The zero-order valence-corrected chi connectivity index (χ0v) is 15.8. The number of nitro groups is 1. The van der Waals surface area contributed by atoms with Gasteiger partial charge < -0.3 is 10.1 Å². The monoisotopic (exact) mass is 395 g/mol. The lowest BCUT2D eigenvalue weighted by Gasteiger charge is -2.10. The number of amides is 1. The van der Waals surface area contributed by atoms with Gasteiger partial charge in [-0.25, -0.2) is 4.98 Å². The van der Waals surface area contributed by atoms with Crippen LogP contribution in [0, 0.1) is 10.1 Å². The Balaban J connectivity index is 1.89. The maximum absolute atomic E-state index is 12.2. The van der Waals surface area contributed by atoms with E-state index >= 15 is 0 Å². The Hall–Kier alpha value is -2.46. The third-order valence-corrected chi connectivity index (χ3v) is 5.27. The number of carbonyl (C=O) groups is 2. The standard InChI is InChI=1S/C16H17N3O5S2/c1-3-24-14(20)8-12-9-25-16(18-12)26-10(2)15(21)17-11-4-6-13(7-5-11)19(22)23/h4-7,9-10H,3,8H2,1-2H3,(H,17,21)/t10-/m1/s1. The highest BCUT2D eigenvalue weighted by Gasteiger charge is 2.18. The van der Waals surface area contributed by atoms with Gasteiger partial charge in [0, 0.05) is 23.2 Å². The van der Waals surface area contributed by atoms with E-state index in [1.807, 2.05) is 0 Å². The molecule has 0 spiro atoms. The molecule has 0 aliphatic carbocycles. The molecule has 1 atom stereocenters. The number of nitrogens with zero attached hydrogens (tertiary/aromatic N) is 2. The van der Waals surface area contributed by atoms with Crippen LogP contribution in [0.5, 0.6) is 0 Å². The summed E-state index contributed by atoms with van der Waals surface area (Å²) < 4.78 is 5.55. The predicted octanol–water partition coefficient (Wildman–Crippen LogP) is 3.28. The fourth-order valence-corrected chi connectivity index (χ4v) is 3.88. The summed E-state index contributed by atoms with van der Waals surface area (Å²) in [4.78, 5) is 38.1. The summed E-state index contributed by atoms with van der Waals surface area (Å²) in [5.74, 6) is -0.579. The molecule has 0 saturated heterocycles. The first kappa shape index (κ1) is 19.9. The van der Waals surface area contributed by atoms with Gasteiger partial charge in [-0.2, -0.15) is 0 Å². The molecule has 0 fully saturated rings. The number of ether oxygens (including phenoxy) is 1. The molecule has 138 valence electrons. The van der Waals surface area contributed by atoms with E-state index in [0.717, 1.165) is 0 Å². The fraction of sp³-hybridized carbons (Fsp3) is 0.312. The summed E-state index contributed by atoms with van der Waals surface area (Å²) in [6.07, 6.45) is 0.105. The van der Waals surface area contributed by atoms with Crippen molar-refractivity contribution in [2.45, 2.75) is 29.9 Å². The van der Waals surface area contributed by atoms with Crippen molar-refractivity contribution in [2.75, 3.05) is 11.9 Å². The van der Waals surface area contributed by atoms with Crippen molar-refractivity contribution in [3.63, 3.8) is 0 Å². The van der Waals surface area contributed by atoms with Crippen LogP contribution in [0.3, 0.4) is 0 Å². The first-order valence-electron chi connectivity index (χ1n) is 7.71. The zero-order chi connectivity index (χ0) is 19.1. The van der Waals surface area contributed by atoms with Gasteiger partial charge in [-0.15, -0.1) is 11.3 Å². The quantitative estimate of drug-likeness (QED) is 0.316. The Kier molecular flexibility index (Phi) is 7.10. The average Bonchev–Trinajstić information content (AvgIpc) is 3.02. The largest absolute Gasteiger partial charge is 0.466 e. The van der Waals surface area contributed by atoms with E-state index in [0.29, 0.717) is 22.3 Å². The highest BCUT2D eigenvalue weighted by atomic mass is 32.2. The topological polar surface area (TPSA) is 111 Å². The lowest BCUT2D eigenvalue weighted by molar-refractivity contribution is -0.384. The van der Waals surface area contributed by atoms with E-state index in [1.54, 1.807) is 19.2 Å². The van der Waals surface area contributed by atoms with Gasteiger partial charge >= 0.3 is 5.97 Å². The van der Waals surface area contributed by atoms with Crippen LogP contribution >= 0.6 is 23.1 Å². The molecule has 2 rings (SSSR count). The average molecular weight is 395 g/mol. The first-order valence-corrected chi connectivity index (χ1v) is 9.47. The number of esters is 1. The minimum absolute atomic E-state index is 0.0395. The second-order valence-electron chi connectivity index (χ2n) is 5.14. The SMILES string of the molecule is CCOC(=O)Cc1csc(S[C@H](C)C(=O)Nc2ccc([N+](=O)[O-])cc2)n1. The summed E-state index contributed by atoms with van der Waals surface area (Å²) in [6, 6.07) is 5.62. The number of hydrogen-bond donors (Lipinski definition) is 1. The molecule has 0 saturated carbocycles. The number of thioether (sulfide) groups is 1. The number of nitro benzene ring substituents is 1. The van der Waals surface area contributed by atoms with Crippen molar-refractivity contribution in [1.82, 2.24) is 4.98 Å². The maximum Gasteiger partial charge on any atom is 0.311 e. The van der Waals surface area contributed by atoms with Gasteiger partial charge in [-0.3, -0.25) is 19.7 Å². The molecule has 1 heterocycles. The third-order valence-electron chi connectivity index (χ3n) is 3.15. The normalized spacial score (nSPS) is 11.6. The van der Waals surface area contributed by atoms with E-state index in [-0.39, 0.29) is 24.0 Å². The maximum atomic E-state index is 12.2. The van der Waals surface area contributed by atoms with E-state index in [9.17, 15) is 19.7 Å². The highest BCUT2D eigenvalue weighted by molar-refractivity contribution is 8.02. The predicted molar refractivity (Wildman–Crippen MR) is 99.5 cm³/mol. The van der Waals surface area contributed by atoms with Crippen molar-refractivity contribution in [2.24, 2.45) is 0 Å². The Morgan fingerprint density at radius 2 is 2.08 bits per heavy atom. The Labute approximate surface area is 158 Å². The van der Waals surface area contributed by atoms with Crippen molar-refractivity contribution in [3.05, 3.63) is 45.5 Å². The number of nitrogens with one attached hydrogen (secondary N) is 1. The molecule has 26 heavy (non-hydrogen) atoms. The molecule has 1 amide bonds. The first-order chi connectivity index (χ1) is 12.4. The molecule has 1 aromatic heterocycles. The number of rotatable bonds is 8. The fourth-order valence-electron chi connectivity index (χ4n) is 1.90. The van der Waals surface area contributed by atoms with Gasteiger partial charge in [0.15, 0.2) is 4.34 Å². The van der Waals surface area contributed by atoms with Crippen LogP contribution in [0.4, 0.5) is 11.4 Å². The lowest BCUT2D eigenvalue weighted by atomic mass is 10.3. The van der Waals surface area contributed by atoms with Crippen LogP contribution in [-0.4, -0.2) is 33.6 Å². The van der Waals surface area contributed by atoms with Crippen LogP contribution in [-0.2, 0) is 20.7 Å². The smallest absolute Gasteiger partial charge is 0.311 e. The summed E-state index contributed by atoms with van der Waals surface area (Å²) >= 11 is 2.63. The molecule has 0 aliphatic heterocycles. The van der Waals surface area contributed by atoms with Crippen LogP contribution in [0.25, 0.3) is 0 Å². The third kappa shape index (κ3) is 5.81. The van der Waals surface area contributed by atoms with E-state index in [1.165, 1.54) is 47.4 Å². The zero-order valence-electron chi connectivity index (χ0n) is 14.1. The summed E-state index contributed by atoms with van der Waals surface area (Å²) in [6.45, 7) is 3.80. The number of hydrogen-bond acceptors (Lipinski definition) is 8. The number of carbonyl (C=O) groups excluding carboxylic acids is 2. The Bertz CT molecular complexity index is 791. The second-order valence-corrected chi connectivity index (χ2v) is 7.59. The lowest BCUT2D eigenvalue weighted by Crippen LogP contribution is -2.22.